The second kappa shape index (κ2) is 7.73. The summed E-state index contributed by atoms with van der Waals surface area (Å²) in [7, 11) is -3.43. The molecule has 0 bridgehead atoms. The van der Waals surface area contributed by atoms with E-state index in [1.807, 2.05) is 32.0 Å². The standard InChI is InChI=1S/C26H30N2O2S/c1-26(2)24-12-5-6-13-25(24)31(29,30)28(26)19-18-27-16-14-21(15-17-27)23-11-7-9-20-8-3-4-10-22(20)23/h3-13,21H,14-19H2,1-2H3. The Hall–Kier alpha value is -2.21. The summed E-state index contributed by atoms with van der Waals surface area (Å²) >= 11 is 0. The zero-order chi connectivity index (χ0) is 21.6. The topological polar surface area (TPSA) is 40.6 Å². The van der Waals surface area contributed by atoms with E-state index >= 15 is 0 Å². The van der Waals surface area contributed by atoms with Crippen molar-refractivity contribution in [3.8, 4) is 0 Å². The van der Waals surface area contributed by atoms with Gasteiger partial charge in [-0.15, -0.1) is 0 Å². The van der Waals surface area contributed by atoms with Crippen LogP contribution in [0.4, 0.5) is 0 Å². The maximum absolute atomic E-state index is 13.1. The lowest BCUT2D eigenvalue weighted by atomic mass is 9.86. The predicted octanol–water partition coefficient (Wildman–Crippen LogP) is 4.96. The van der Waals surface area contributed by atoms with Crippen LogP contribution in [0.1, 0.15) is 43.7 Å². The van der Waals surface area contributed by atoms with Crippen molar-refractivity contribution in [3.63, 3.8) is 0 Å². The SMILES string of the molecule is CC1(C)c2ccccc2S(=O)(=O)N1CCN1CCC(c2cccc3ccccc23)CC1. The van der Waals surface area contributed by atoms with Crippen LogP contribution in [0.25, 0.3) is 10.8 Å². The second-order valence-corrected chi connectivity index (χ2v) is 11.1. The molecule has 0 spiro atoms. The van der Waals surface area contributed by atoms with Crippen molar-refractivity contribution < 1.29 is 8.42 Å². The molecule has 2 aliphatic heterocycles. The quantitative estimate of drug-likeness (QED) is 0.583. The normalized spacial score (nSPS) is 21.4. The Morgan fingerprint density at radius 3 is 2.32 bits per heavy atom. The molecule has 0 radical (unpaired) electrons. The average molecular weight is 435 g/mol. The van der Waals surface area contributed by atoms with E-state index in [2.05, 4.69) is 47.4 Å². The van der Waals surface area contributed by atoms with Gasteiger partial charge in [0.1, 0.15) is 0 Å². The van der Waals surface area contributed by atoms with Crippen LogP contribution in [0.5, 0.6) is 0 Å². The van der Waals surface area contributed by atoms with E-state index in [-0.39, 0.29) is 0 Å². The number of likely N-dealkylation sites (tertiary alicyclic amines) is 1. The van der Waals surface area contributed by atoms with Crippen molar-refractivity contribution in [2.45, 2.75) is 43.0 Å². The maximum atomic E-state index is 13.1. The van der Waals surface area contributed by atoms with Crippen LogP contribution in [-0.2, 0) is 15.6 Å². The fraction of sp³-hybridized carbons (Fsp3) is 0.385. The molecule has 0 saturated carbocycles. The fourth-order valence-electron chi connectivity index (χ4n) is 5.46. The zero-order valence-corrected chi connectivity index (χ0v) is 19.1. The van der Waals surface area contributed by atoms with Crippen LogP contribution in [0, 0.1) is 0 Å². The first-order chi connectivity index (χ1) is 14.9. The number of benzene rings is 3. The third-order valence-corrected chi connectivity index (χ3v) is 9.34. The van der Waals surface area contributed by atoms with E-state index < -0.39 is 15.6 Å². The Morgan fingerprint density at radius 2 is 1.55 bits per heavy atom. The highest BCUT2D eigenvalue weighted by Crippen LogP contribution is 2.43. The second-order valence-electron chi connectivity index (χ2n) is 9.32. The van der Waals surface area contributed by atoms with Crippen LogP contribution in [0.15, 0.2) is 71.6 Å². The summed E-state index contributed by atoms with van der Waals surface area (Å²) in [5, 5.41) is 2.68. The van der Waals surface area contributed by atoms with E-state index in [1.54, 1.807) is 10.4 Å². The van der Waals surface area contributed by atoms with Crippen molar-refractivity contribution in [1.29, 1.82) is 0 Å². The minimum absolute atomic E-state index is 0.467. The first-order valence-electron chi connectivity index (χ1n) is 11.2. The van der Waals surface area contributed by atoms with Gasteiger partial charge in [0.15, 0.2) is 0 Å². The van der Waals surface area contributed by atoms with Crippen molar-refractivity contribution in [3.05, 3.63) is 77.9 Å². The average Bonchev–Trinajstić information content (AvgIpc) is 2.94. The fourth-order valence-corrected chi connectivity index (χ4v) is 7.56. The van der Waals surface area contributed by atoms with Crippen LogP contribution in [0.2, 0.25) is 0 Å². The summed E-state index contributed by atoms with van der Waals surface area (Å²) < 4.78 is 28.0. The number of rotatable bonds is 4. The third kappa shape index (κ3) is 3.49. The molecule has 31 heavy (non-hydrogen) atoms. The highest BCUT2D eigenvalue weighted by atomic mass is 32.2. The van der Waals surface area contributed by atoms with Gasteiger partial charge in [0.25, 0.3) is 0 Å². The van der Waals surface area contributed by atoms with Gasteiger partial charge in [0.2, 0.25) is 10.0 Å². The highest BCUT2D eigenvalue weighted by Gasteiger charge is 2.47. The van der Waals surface area contributed by atoms with Gasteiger partial charge in [0, 0.05) is 13.1 Å². The van der Waals surface area contributed by atoms with Crippen LogP contribution in [-0.4, -0.2) is 43.8 Å². The monoisotopic (exact) mass is 434 g/mol. The Labute approximate surface area is 185 Å². The maximum Gasteiger partial charge on any atom is 0.244 e. The lowest BCUT2D eigenvalue weighted by molar-refractivity contribution is 0.169. The Kier molecular flexibility index (Phi) is 5.16. The van der Waals surface area contributed by atoms with E-state index in [9.17, 15) is 8.42 Å². The number of hydrogen-bond donors (Lipinski definition) is 0. The summed E-state index contributed by atoms with van der Waals surface area (Å²) in [6.45, 7) is 7.36. The third-order valence-electron chi connectivity index (χ3n) is 7.21. The van der Waals surface area contributed by atoms with Crippen molar-refractivity contribution in [1.82, 2.24) is 9.21 Å². The molecular weight excluding hydrogens is 404 g/mol. The molecule has 0 atom stereocenters. The van der Waals surface area contributed by atoms with Crippen LogP contribution >= 0.6 is 0 Å². The molecular formula is C26H30N2O2S. The van der Waals surface area contributed by atoms with Crippen molar-refractivity contribution in [2.75, 3.05) is 26.2 Å². The molecule has 0 unspecified atom stereocenters. The summed E-state index contributed by atoms with van der Waals surface area (Å²) in [5.41, 5.74) is 1.86. The molecule has 1 saturated heterocycles. The number of piperidine rings is 1. The highest BCUT2D eigenvalue weighted by molar-refractivity contribution is 7.89. The number of hydrogen-bond acceptors (Lipinski definition) is 3. The summed E-state index contributed by atoms with van der Waals surface area (Å²) in [6, 6.07) is 22.7. The zero-order valence-electron chi connectivity index (χ0n) is 18.3. The molecule has 5 rings (SSSR count). The molecule has 0 N–H and O–H groups in total. The summed E-state index contributed by atoms with van der Waals surface area (Å²) in [6.07, 6.45) is 2.23. The Balaban J connectivity index is 1.26. The first-order valence-corrected chi connectivity index (χ1v) is 12.7. The molecule has 3 aromatic carbocycles. The molecule has 0 amide bonds. The predicted molar refractivity (Wildman–Crippen MR) is 126 cm³/mol. The van der Waals surface area contributed by atoms with Gasteiger partial charge in [-0.25, -0.2) is 8.42 Å². The molecule has 2 aliphatic rings. The Morgan fingerprint density at radius 1 is 0.871 bits per heavy atom. The van der Waals surface area contributed by atoms with E-state index in [1.165, 1.54) is 16.3 Å². The summed E-state index contributed by atoms with van der Waals surface area (Å²) in [5.74, 6) is 0.568. The molecule has 5 heteroatoms. The molecule has 0 aliphatic carbocycles. The first kappa shape index (κ1) is 20.7. The van der Waals surface area contributed by atoms with E-state index in [4.69, 9.17) is 0 Å². The van der Waals surface area contributed by atoms with Gasteiger partial charge in [-0.1, -0.05) is 60.7 Å². The molecule has 4 nitrogen and oxygen atoms in total. The summed E-state index contributed by atoms with van der Waals surface area (Å²) in [4.78, 5) is 2.89. The van der Waals surface area contributed by atoms with Crippen LogP contribution < -0.4 is 0 Å². The van der Waals surface area contributed by atoms with Crippen LogP contribution in [0.3, 0.4) is 0 Å². The van der Waals surface area contributed by atoms with Crippen molar-refractivity contribution in [2.24, 2.45) is 0 Å². The molecule has 162 valence electrons. The van der Waals surface area contributed by atoms with Gasteiger partial charge < -0.3 is 4.90 Å². The minimum atomic E-state index is -3.43. The molecule has 3 aromatic rings. The van der Waals surface area contributed by atoms with E-state index in [0.717, 1.165) is 38.0 Å². The van der Waals surface area contributed by atoms with Gasteiger partial charge in [-0.05, 0) is 73.7 Å². The number of nitrogens with zero attached hydrogens (tertiary/aromatic N) is 2. The minimum Gasteiger partial charge on any atom is -0.302 e. The molecule has 2 heterocycles. The largest absolute Gasteiger partial charge is 0.302 e. The van der Waals surface area contributed by atoms with Gasteiger partial charge in [-0.2, -0.15) is 4.31 Å². The number of sulfonamides is 1. The molecule has 1 fully saturated rings. The van der Waals surface area contributed by atoms with Gasteiger partial charge in [-0.3, -0.25) is 0 Å². The van der Waals surface area contributed by atoms with Crippen molar-refractivity contribution >= 4 is 20.8 Å². The lowest BCUT2D eigenvalue weighted by Crippen LogP contribution is -2.45. The van der Waals surface area contributed by atoms with Gasteiger partial charge >= 0.3 is 0 Å². The Bertz CT molecular complexity index is 1210. The van der Waals surface area contributed by atoms with Gasteiger partial charge in [0.05, 0.1) is 10.4 Å². The molecule has 0 aromatic heterocycles. The number of fused-ring (bicyclic) bond motifs is 2. The lowest BCUT2D eigenvalue weighted by Gasteiger charge is -2.36. The van der Waals surface area contributed by atoms with E-state index in [0.29, 0.717) is 17.4 Å². The smallest absolute Gasteiger partial charge is 0.244 e.